The lowest BCUT2D eigenvalue weighted by Crippen LogP contribution is -2.54. The fraction of sp³-hybridized carbons (Fsp3) is 0.667. The van der Waals surface area contributed by atoms with E-state index < -0.39 is 0 Å². The number of hydrogen-bond acceptors (Lipinski definition) is 5. The van der Waals surface area contributed by atoms with Crippen molar-refractivity contribution in [1.82, 2.24) is 10.3 Å². The molecule has 0 spiro atoms. The van der Waals surface area contributed by atoms with Crippen LogP contribution in [0, 0.1) is 0 Å². The molecule has 0 aromatic carbocycles. The average molecular weight is 266 g/mol. The molecule has 1 aromatic rings. The van der Waals surface area contributed by atoms with Crippen LogP contribution < -0.4 is 16.0 Å². The topological polar surface area (TPSA) is 71.2 Å². The highest BCUT2D eigenvalue weighted by Crippen LogP contribution is 2.36. The van der Waals surface area contributed by atoms with Crippen molar-refractivity contribution >= 4 is 22.4 Å². The summed E-state index contributed by atoms with van der Waals surface area (Å²) < 4.78 is 0. The van der Waals surface area contributed by atoms with Crippen molar-refractivity contribution in [3.63, 3.8) is 0 Å². The second-order valence-corrected chi connectivity index (χ2v) is 6.03. The molecule has 2 heterocycles. The summed E-state index contributed by atoms with van der Waals surface area (Å²) in [6, 6.07) is -0.0600. The molecule has 2 atom stereocenters. The smallest absolute Gasteiger partial charge is 0.242 e. The van der Waals surface area contributed by atoms with Crippen LogP contribution in [0.2, 0.25) is 0 Å². The molecular weight excluding hydrogens is 248 g/mol. The normalized spacial score (nSPS) is 27.9. The van der Waals surface area contributed by atoms with Gasteiger partial charge in [-0.05, 0) is 26.2 Å². The number of nitrogens with two attached hydrogens (primary N) is 1. The van der Waals surface area contributed by atoms with Gasteiger partial charge in [0.05, 0.1) is 5.69 Å². The highest BCUT2D eigenvalue weighted by atomic mass is 32.1. The van der Waals surface area contributed by atoms with Gasteiger partial charge in [-0.1, -0.05) is 0 Å². The zero-order chi connectivity index (χ0) is 12.7. The number of carbonyl (C=O) groups excluding carboxylic acids is 1. The summed E-state index contributed by atoms with van der Waals surface area (Å²) in [4.78, 5) is 19.8. The Hall–Kier alpha value is -1.14. The Kier molecular flexibility index (Phi) is 2.99. The molecule has 1 aliphatic heterocycles. The minimum Gasteiger partial charge on any atom is -0.353 e. The van der Waals surface area contributed by atoms with Crippen molar-refractivity contribution < 1.29 is 4.79 Å². The Bertz CT molecular complexity index is 473. The molecular formula is C12H18N4OS. The maximum atomic E-state index is 11.7. The minimum absolute atomic E-state index is 0.0765. The van der Waals surface area contributed by atoms with Gasteiger partial charge < -0.3 is 16.0 Å². The van der Waals surface area contributed by atoms with Crippen molar-refractivity contribution in [2.45, 2.75) is 38.3 Å². The van der Waals surface area contributed by atoms with Crippen LogP contribution in [0.5, 0.6) is 0 Å². The first kappa shape index (κ1) is 11.9. The van der Waals surface area contributed by atoms with Gasteiger partial charge >= 0.3 is 0 Å². The van der Waals surface area contributed by atoms with Crippen LogP contribution in [-0.4, -0.2) is 30.0 Å². The molecule has 1 aromatic heterocycles. The number of nitrogens with zero attached hydrogens (tertiary/aromatic N) is 2. The molecule has 6 heteroatoms. The number of aromatic nitrogens is 1. The van der Waals surface area contributed by atoms with Gasteiger partial charge in [0.15, 0.2) is 5.13 Å². The second-order valence-electron chi connectivity index (χ2n) is 4.96. The molecule has 5 nitrogen and oxygen atoms in total. The number of anilines is 1. The third kappa shape index (κ3) is 1.89. The van der Waals surface area contributed by atoms with E-state index in [0.29, 0.717) is 6.54 Å². The van der Waals surface area contributed by atoms with Crippen molar-refractivity contribution in [2.75, 3.05) is 18.0 Å². The van der Waals surface area contributed by atoms with Gasteiger partial charge in [0.2, 0.25) is 5.91 Å². The lowest BCUT2D eigenvalue weighted by Gasteiger charge is -2.32. The monoisotopic (exact) mass is 266 g/mol. The van der Waals surface area contributed by atoms with Crippen molar-refractivity contribution in [2.24, 2.45) is 5.73 Å². The first-order valence-corrected chi connectivity index (χ1v) is 7.28. The fourth-order valence-electron chi connectivity index (χ4n) is 2.61. The maximum absolute atomic E-state index is 11.7. The predicted molar refractivity (Wildman–Crippen MR) is 71.8 cm³/mol. The van der Waals surface area contributed by atoms with Crippen LogP contribution in [0.4, 0.5) is 5.13 Å². The molecule has 98 valence electrons. The third-order valence-corrected chi connectivity index (χ3v) is 4.90. The maximum Gasteiger partial charge on any atom is 0.242 e. The van der Waals surface area contributed by atoms with Crippen molar-refractivity contribution in [3.05, 3.63) is 10.6 Å². The summed E-state index contributed by atoms with van der Waals surface area (Å²) in [5, 5.41) is 3.83. The molecule has 2 aliphatic rings. The molecule has 0 saturated carbocycles. The molecule has 3 N–H and O–H groups in total. The van der Waals surface area contributed by atoms with E-state index >= 15 is 0 Å². The van der Waals surface area contributed by atoms with Crippen LogP contribution in [-0.2, 0) is 11.2 Å². The minimum atomic E-state index is -0.137. The molecule has 1 fully saturated rings. The number of piperazine rings is 1. The highest BCUT2D eigenvalue weighted by Gasteiger charge is 2.30. The van der Waals surface area contributed by atoms with Gasteiger partial charge in [0.25, 0.3) is 0 Å². The average Bonchev–Trinajstić information content (AvgIpc) is 2.78. The molecule has 3 rings (SSSR count). The van der Waals surface area contributed by atoms with E-state index in [4.69, 9.17) is 5.73 Å². The number of hydrogen-bond donors (Lipinski definition) is 2. The van der Waals surface area contributed by atoms with E-state index in [1.807, 2.05) is 6.92 Å². The number of thiazole rings is 1. The van der Waals surface area contributed by atoms with Crippen LogP contribution in [0.25, 0.3) is 0 Å². The highest BCUT2D eigenvalue weighted by molar-refractivity contribution is 7.15. The van der Waals surface area contributed by atoms with Gasteiger partial charge in [0.1, 0.15) is 6.04 Å². The third-order valence-electron chi connectivity index (χ3n) is 3.73. The molecule has 1 amide bonds. The van der Waals surface area contributed by atoms with E-state index in [-0.39, 0.29) is 18.0 Å². The lowest BCUT2D eigenvalue weighted by atomic mass is 9.99. The van der Waals surface area contributed by atoms with E-state index in [2.05, 4.69) is 15.2 Å². The molecule has 0 radical (unpaired) electrons. The van der Waals surface area contributed by atoms with Gasteiger partial charge in [0, 0.05) is 24.0 Å². The molecule has 2 unspecified atom stereocenters. The van der Waals surface area contributed by atoms with Crippen molar-refractivity contribution in [1.29, 1.82) is 0 Å². The Balaban J connectivity index is 1.90. The number of carbonyl (C=O) groups is 1. The van der Waals surface area contributed by atoms with Crippen LogP contribution in [0.3, 0.4) is 0 Å². The predicted octanol–water partition coefficient (Wildman–Crippen LogP) is 0.804. The van der Waals surface area contributed by atoms with E-state index in [9.17, 15) is 4.79 Å². The SMILES string of the molecule is CC1C(=O)NCCN1c1nc2c(s1)CCCC2N. The number of aryl methyl sites for hydroxylation is 1. The van der Waals surface area contributed by atoms with Gasteiger partial charge in [-0.25, -0.2) is 4.98 Å². The number of fused-ring (bicyclic) bond motifs is 1. The number of nitrogens with one attached hydrogen (secondary N) is 1. The fourth-order valence-corrected chi connectivity index (χ4v) is 3.88. The zero-order valence-corrected chi connectivity index (χ0v) is 11.3. The molecule has 1 saturated heterocycles. The van der Waals surface area contributed by atoms with E-state index in [1.165, 1.54) is 4.88 Å². The van der Waals surface area contributed by atoms with E-state index in [0.717, 1.165) is 36.6 Å². The summed E-state index contributed by atoms with van der Waals surface area (Å²) in [7, 11) is 0. The van der Waals surface area contributed by atoms with Gasteiger partial charge in [-0.2, -0.15) is 0 Å². The molecule has 18 heavy (non-hydrogen) atoms. The Morgan fingerprint density at radius 1 is 1.56 bits per heavy atom. The Morgan fingerprint density at radius 3 is 3.17 bits per heavy atom. The molecule has 0 bridgehead atoms. The first-order valence-electron chi connectivity index (χ1n) is 6.46. The molecule has 1 aliphatic carbocycles. The summed E-state index contributed by atoms with van der Waals surface area (Å²) in [5.74, 6) is 0.0821. The zero-order valence-electron chi connectivity index (χ0n) is 10.5. The summed E-state index contributed by atoms with van der Waals surface area (Å²) in [6.07, 6.45) is 3.24. The Morgan fingerprint density at radius 2 is 2.39 bits per heavy atom. The summed E-state index contributed by atoms with van der Waals surface area (Å²) >= 11 is 1.71. The number of amides is 1. The van der Waals surface area contributed by atoms with Gasteiger partial charge in [-0.3, -0.25) is 4.79 Å². The van der Waals surface area contributed by atoms with Gasteiger partial charge in [-0.15, -0.1) is 11.3 Å². The summed E-state index contributed by atoms with van der Waals surface area (Å²) in [5.41, 5.74) is 7.15. The second kappa shape index (κ2) is 4.51. The first-order chi connectivity index (χ1) is 8.66. The van der Waals surface area contributed by atoms with Crippen LogP contribution in [0.15, 0.2) is 0 Å². The largest absolute Gasteiger partial charge is 0.353 e. The standard InChI is InChI=1S/C12H18N4OS/c1-7-11(17)14-5-6-16(7)12-15-10-8(13)3-2-4-9(10)18-12/h7-8H,2-6,13H2,1H3,(H,14,17). The summed E-state index contributed by atoms with van der Waals surface area (Å²) in [6.45, 7) is 3.45. The quantitative estimate of drug-likeness (QED) is 0.789. The Labute approximate surface area is 110 Å². The van der Waals surface area contributed by atoms with Crippen molar-refractivity contribution in [3.8, 4) is 0 Å². The van der Waals surface area contributed by atoms with E-state index in [1.54, 1.807) is 11.3 Å². The number of rotatable bonds is 1. The van der Waals surface area contributed by atoms with Crippen LogP contribution in [0.1, 0.15) is 36.4 Å². The van der Waals surface area contributed by atoms with Crippen LogP contribution >= 0.6 is 11.3 Å². The lowest BCUT2D eigenvalue weighted by molar-refractivity contribution is -0.122.